The zero-order valence-electron chi connectivity index (χ0n) is 15.7. The third kappa shape index (κ3) is 4.78. The predicted molar refractivity (Wildman–Crippen MR) is 105 cm³/mol. The summed E-state index contributed by atoms with van der Waals surface area (Å²) in [5.74, 6) is -0.0688. The molecule has 2 aromatic carbocycles. The average Bonchev–Trinajstić information content (AvgIpc) is 2.72. The highest BCUT2D eigenvalue weighted by Gasteiger charge is 2.24. The summed E-state index contributed by atoms with van der Waals surface area (Å²) in [5, 5.41) is 12.8. The number of ether oxygens (including phenoxy) is 2. The van der Waals surface area contributed by atoms with Crippen LogP contribution in [0.2, 0.25) is 0 Å². The molecule has 0 aliphatic carbocycles. The maximum absolute atomic E-state index is 11.3. The number of carbonyl (C=O) groups is 1. The van der Waals surface area contributed by atoms with Crippen LogP contribution in [0.5, 0.6) is 5.75 Å². The molecule has 0 saturated carbocycles. The Bertz CT molecular complexity index is 780. The van der Waals surface area contributed by atoms with Crippen LogP contribution in [0, 0.1) is 0 Å². The van der Waals surface area contributed by atoms with E-state index in [1.54, 1.807) is 25.3 Å². The summed E-state index contributed by atoms with van der Waals surface area (Å²) in [6.45, 7) is 4.83. The third-order valence-corrected chi connectivity index (χ3v) is 4.91. The number of anilines is 1. The lowest BCUT2D eigenvalue weighted by Crippen LogP contribution is -2.51. The van der Waals surface area contributed by atoms with E-state index >= 15 is 0 Å². The van der Waals surface area contributed by atoms with Crippen LogP contribution in [0.4, 0.5) is 5.69 Å². The number of rotatable bonds is 7. The largest absolute Gasteiger partial charge is 0.497 e. The number of benzene rings is 2. The minimum Gasteiger partial charge on any atom is -0.497 e. The molecular formula is C21H26N2O4. The molecule has 3 rings (SSSR count). The second-order valence-electron chi connectivity index (χ2n) is 6.68. The van der Waals surface area contributed by atoms with Gasteiger partial charge >= 0.3 is 5.97 Å². The van der Waals surface area contributed by atoms with Gasteiger partial charge in [-0.15, -0.1) is 0 Å². The van der Waals surface area contributed by atoms with Crippen molar-refractivity contribution in [3.63, 3.8) is 0 Å². The van der Waals surface area contributed by atoms with Crippen molar-refractivity contribution in [2.75, 3.05) is 38.3 Å². The fraction of sp³-hybridized carbons (Fsp3) is 0.381. The Morgan fingerprint density at radius 2 is 2.15 bits per heavy atom. The van der Waals surface area contributed by atoms with Gasteiger partial charge in [0.05, 0.1) is 31.9 Å². The SMILES string of the molecule is COc1cccc([C@@H](C)NCC2COCCN2c2cccc(C(=O)O)c2)c1. The Morgan fingerprint density at radius 1 is 1.33 bits per heavy atom. The molecule has 2 atom stereocenters. The summed E-state index contributed by atoms with van der Waals surface area (Å²) in [6.07, 6.45) is 0. The highest BCUT2D eigenvalue weighted by molar-refractivity contribution is 5.88. The van der Waals surface area contributed by atoms with E-state index in [4.69, 9.17) is 9.47 Å². The van der Waals surface area contributed by atoms with Gasteiger partial charge in [0.25, 0.3) is 0 Å². The van der Waals surface area contributed by atoms with Crippen molar-refractivity contribution in [1.29, 1.82) is 0 Å². The fourth-order valence-electron chi connectivity index (χ4n) is 3.32. The lowest BCUT2D eigenvalue weighted by atomic mass is 10.1. The average molecular weight is 370 g/mol. The van der Waals surface area contributed by atoms with E-state index in [1.165, 1.54) is 0 Å². The summed E-state index contributed by atoms with van der Waals surface area (Å²) in [7, 11) is 1.67. The van der Waals surface area contributed by atoms with Gasteiger partial charge in [-0.1, -0.05) is 18.2 Å². The number of nitrogens with one attached hydrogen (secondary N) is 1. The molecule has 27 heavy (non-hydrogen) atoms. The van der Waals surface area contributed by atoms with Crippen LogP contribution in [-0.2, 0) is 4.74 Å². The van der Waals surface area contributed by atoms with Gasteiger partial charge in [0.1, 0.15) is 5.75 Å². The number of carboxylic acid groups (broad SMARTS) is 1. The molecule has 0 amide bonds. The van der Waals surface area contributed by atoms with Crippen LogP contribution >= 0.6 is 0 Å². The van der Waals surface area contributed by atoms with Crippen molar-refractivity contribution in [2.45, 2.75) is 19.0 Å². The molecule has 6 heteroatoms. The quantitative estimate of drug-likeness (QED) is 0.781. The van der Waals surface area contributed by atoms with Crippen molar-refractivity contribution >= 4 is 11.7 Å². The van der Waals surface area contributed by atoms with Gasteiger partial charge in [-0.05, 0) is 42.8 Å². The van der Waals surface area contributed by atoms with Crippen molar-refractivity contribution in [3.05, 3.63) is 59.7 Å². The summed E-state index contributed by atoms with van der Waals surface area (Å²) in [5.41, 5.74) is 2.37. The molecule has 1 fully saturated rings. The monoisotopic (exact) mass is 370 g/mol. The highest BCUT2D eigenvalue weighted by atomic mass is 16.5. The van der Waals surface area contributed by atoms with Crippen LogP contribution in [-0.4, -0.2) is 50.5 Å². The smallest absolute Gasteiger partial charge is 0.335 e. The molecule has 2 aromatic rings. The molecule has 1 aliphatic rings. The summed E-state index contributed by atoms with van der Waals surface area (Å²) >= 11 is 0. The topological polar surface area (TPSA) is 71.0 Å². The van der Waals surface area contributed by atoms with Crippen molar-refractivity contribution in [2.24, 2.45) is 0 Å². The van der Waals surface area contributed by atoms with Gasteiger partial charge in [-0.2, -0.15) is 0 Å². The van der Waals surface area contributed by atoms with Crippen molar-refractivity contribution < 1.29 is 19.4 Å². The zero-order chi connectivity index (χ0) is 19.2. The van der Waals surface area contributed by atoms with E-state index < -0.39 is 5.97 Å². The Morgan fingerprint density at radius 3 is 2.93 bits per heavy atom. The standard InChI is InChI=1S/C21H26N2O4/c1-15(16-5-4-8-20(12-16)26-2)22-13-19-14-27-10-9-23(19)18-7-3-6-17(11-18)21(24)25/h3-8,11-12,15,19,22H,9-10,13-14H2,1-2H3,(H,24,25)/t15-,19?/m1/s1. The number of carboxylic acids is 1. The molecule has 1 aliphatic heterocycles. The third-order valence-electron chi connectivity index (χ3n) is 4.91. The number of nitrogens with zero attached hydrogens (tertiary/aromatic N) is 1. The summed E-state index contributed by atoms with van der Waals surface area (Å²) < 4.78 is 11.0. The van der Waals surface area contributed by atoms with E-state index in [-0.39, 0.29) is 12.1 Å². The van der Waals surface area contributed by atoms with Crippen molar-refractivity contribution in [3.8, 4) is 5.75 Å². The lowest BCUT2D eigenvalue weighted by Gasteiger charge is -2.38. The number of methoxy groups -OCH3 is 1. The fourth-order valence-corrected chi connectivity index (χ4v) is 3.32. The maximum atomic E-state index is 11.3. The molecular weight excluding hydrogens is 344 g/mol. The van der Waals surface area contributed by atoms with Gasteiger partial charge in [0.2, 0.25) is 0 Å². The normalized spacial score (nSPS) is 18.1. The first kappa shape index (κ1) is 19.2. The molecule has 1 saturated heterocycles. The van der Waals surface area contributed by atoms with E-state index in [1.807, 2.05) is 24.3 Å². The van der Waals surface area contributed by atoms with Gasteiger partial charge in [-0.3, -0.25) is 0 Å². The van der Waals surface area contributed by atoms with Crippen LogP contribution in [0.3, 0.4) is 0 Å². The Labute approximate surface area is 159 Å². The Hall–Kier alpha value is -2.57. The molecule has 0 spiro atoms. The first-order valence-electron chi connectivity index (χ1n) is 9.13. The summed E-state index contributed by atoms with van der Waals surface area (Å²) in [6, 6.07) is 15.4. The van der Waals surface area contributed by atoms with Gasteiger partial charge in [-0.25, -0.2) is 4.79 Å². The van der Waals surface area contributed by atoms with Gasteiger partial charge in [0.15, 0.2) is 0 Å². The van der Waals surface area contributed by atoms with E-state index in [9.17, 15) is 9.90 Å². The second-order valence-corrected chi connectivity index (χ2v) is 6.68. The van der Waals surface area contributed by atoms with Crippen molar-refractivity contribution in [1.82, 2.24) is 5.32 Å². The van der Waals surface area contributed by atoms with Gasteiger partial charge in [0, 0.05) is 24.8 Å². The number of hydrogen-bond acceptors (Lipinski definition) is 5. The molecule has 1 heterocycles. The number of aromatic carboxylic acids is 1. The second kappa shape index (κ2) is 8.88. The van der Waals surface area contributed by atoms with E-state index in [2.05, 4.69) is 23.2 Å². The molecule has 2 N–H and O–H groups in total. The first-order valence-corrected chi connectivity index (χ1v) is 9.13. The Kier molecular flexibility index (Phi) is 6.32. The minimum atomic E-state index is -0.911. The van der Waals surface area contributed by atoms with Crippen LogP contribution in [0.1, 0.15) is 28.9 Å². The summed E-state index contributed by atoms with van der Waals surface area (Å²) in [4.78, 5) is 13.5. The zero-order valence-corrected chi connectivity index (χ0v) is 15.7. The molecule has 6 nitrogen and oxygen atoms in total. The lowest BCUT2D eigenvalue weighted by molar-refractivity contribution is 0.0697. The molecule has 1 unspecified atom stereocenters. The minimum absolute atomic E-state index is 0.135. The van der Waals surface area contributed by atoms with E-state index in [0.717, 1.165) is 30.1 Å². The molecule has 144 valence electrons. The number of hydrogen-bond donors (Lipinski definition) is 2. The predicted octanol–water partition coefficient (Wildman–Crippen LogP) is 2.95. The van der Waals surface area contributed by atoms with Gasteiger partial charge < -0.3 is 24.8 Å². The van der Waals surface area contributed by atoms with Crippen LogP contribution in [0.25, 0.3) is 0 Å². The first-order chi connectivity index (χ1) is 13.1. The maximum Gasteiger partial charge on any atom is 0.335 e. The molecule has 0 aromatic heterocycles. The van der Waals surface area contributed by atoms with E-state index in [0.29, 0.717) is 18.8 Å². The highest BCUT2D eigenvalue weighted by Crippen LogP contribution is 2.23. The Balaban J connectivity index is 1.68. The molecule has 0 radical (unpaired) electrons. The van der Waals surface area contributed by atoms with Crippen LogP contribution in [0.15, 0.2) is 48.5 Å². The number of morpholine rings is 1. The molecule has 0 bridgehead atoms. The van der Waals surface area contributed by atoms with Crippen LogP contribution < -0.4 is 15.0 Å².